The molecule has 0 aliphatic carbocycles. The number of halogens is 4. The Morgan fingerprint density at radius 3 is 1.71 bits per heavy atom. The van der Waals surface area contributed by atoms with Crippen molar-refractivity contribution in [3.63, 3.8) is 0 Å². The molecule has 0 aliphatic rings. The van der Waals surface area contributed by atoms with Crippen molar-refractivity contribution in [1.29, 1.82) is 0 Å². The SMILES string of the molecule is Cl.NCC(F)(Br)Br. The van der Waals surface area contributed by atoms with Crippen molar-refractivity contribution in [1.82, 2.24) is 0 Å². The van der Waals surface area contributed by atoms with Gasteiger partial charge in [0.05, 0.1) is 0 Å². The molecule has 5 heteroatoms. The van der Waals surface area contributed by atoms with Crippen molar-refractivity contribution in [3.8, 4) is 0 Å². The molecule has 0 spiro atoms. The zero-order chi connectivity index (χ0) is 5.21. The Hall–Kier alpha value is 1.14. The van der Waals surface area contributed by atoms with Crippen LogP contribution in [0.4, 0.5) is 4.39 Å². The van der Waals surface area contributed by atoms with Gasteiger partial charge in [-0.2, -0.15) is 0 Å². The molecule has 0 aromatic rings. The van der Waals surface area contributed by atoms with E-state index >= 15 is 0 Å². The number of nitrogens with two attached hydrogens (primary N) is 1. The van der Waals surface area contributed by atoms with Crippen LogP contribution in [0.2, 0.25) is 0 Å². The van der Waals surface area contributed by atoms with Crippen LogP contribution in [-0.2, 0) is 0 Å². The van der Waals surface area contributed by atoms with Crippen LogP contribution in [0.25, 0.3) is 0 Å². The third kappa shape index (κ3) is 11.0. The summed E-state index contributed by atoms with van der Waals surface area (Å²) in [6.45, 7) is -0.0625. The molecule has 0 atom stereocenters. The van der Waals surface area contributed by atoms with E-state index in [1.165, 1.54) is 0 Å². The first kappa shape index (κ1) is 11.0. The Balaban J connectivity index is 0. The molecule has 0 aliphatic heterocycles. The number of hydrogen-bond donors (Lipinski definition) is 1. The Labute approximate surface area is 64.5 Å². The van der Waals surface area contributed by atoms with E-state index in [0.29, 0.717) is 0 Å². The van der Waals surface area contributed by atoms with Crippen molar-refractivity contribution < 1.29 is 4.39 Å². The van der Waals surface area contributed by atoms with Crippen molar-refractivity contribution in [2.75, 3.05) is 6.54 Å². The van der Waals surface area contributed by atoms with E-state index in [-0.39, 0.29) is 19.0 Å². The van der Waals surface area contributed by atoms with E-state index < -0.39 is 3.49 Å². The molecule has 0 aromatic heterocycles. The Morgan fingerprint density at radius 1 is 1.57 bits per heavy atom. The van der Waals surface area contributed by atoms with Gasteiger partial charge in [-0.3, -0.25) is 0 Å². The van der Waals surface area contributed by atoms with Gasteiger partial charge in [0.1, 0.15) is 0 Å². The summed E-state index contributed by atoms with van der Waals surface area (Å²) >= 11 is 5.20. The lowest BCUT2D eigenvalue weighted by Gasteiger charge is -2.01. The third-order valence-corrected chi connectivity index (χ3v) is 0.879. The molecule has 0 amide bonds. The third-order valence-electron chi connectivity index (χ3n) is 0.231. The first-order valence-electron chi connectivity index (χ1n) is 1.33. The average Bonchev–Trinajstić information content (AvgIpc) is 1.35. The molecule has 0 rings (SSSR count). The predicted octanol–water partition coefficient (Wildman–Crippen LogP) is 1.78. The van der Waals surface area contributed by atoms with Gasteiger partial charge < -0.3 is 5.73 Å². The van der Waals surface area contributed by atoms with Gasteiger partial charge >= 0.3 is 0 Å². The van der Waals surface area contributed by atoms with Crippen molar-refractivity contribution in [2.45, 2.75) is 3.49 Å². The van der Waals surface area contributed by atoms with E-state index in [9.17, 15) is 4.39 Å². The molecule has 7 heavy (non-hydrogen) atoms. The lowest BCUT2D eigenvalue weighted by molar-refractivity contribution is 0.438. The lowest BCUT2D eigenvalue weighted by atomic mass is 10.8. The zero-order valence-electron chi connectivity index (χ0n) is 3.33. The fourth-order valence-electron chi connectivity index (χ4n) is 0. The van der Waals surface area contributed by atoms with Gasteiger partial charge in [-0.1, -0.05) is 0 Å². The summed E-state index contributed by atoms with van der Waals surface area (Å²) in [4.78, 5) is 0. The second-order valence-corrected chi connectivity index (χ2v) is 4.40. The molecular formula is C2H5Br2ClFN. The number of rotatable bonds is 1. The topological polar surface area (TPSA) is 26.0 Å². The van der Waals surface area contributed by atoms with E-state index in [0.717, 1.165) is 0 Å². The zero-order valence-corrected chi connectivity index (χ0v) is 7.32. The van der Waals surface area contributed by atoms with Gasteiger partial charge in [-0.05, 0) is 31.9 Å². The maximum Gasteiger partial charge on any atom is 0.230 e. The first-order chi connectivity index (χ1) is 2.56. The number of hydrogen-bond acceptors (Lipinski definition) is 1. The van der Waals surface area contributed by atoms with Crippen LogP contribution in [0.1, 0.15) is 0 Å². The quantitative estimate of drug-likeness (QED) is 0.712. The summed E-state index contributed by atoms with van der Waals surface area (Å²) in [6.07, 6.45) is 0. The van der Waals surface area contributed by atoms with Crippen LogP contribution in [0.3, 0.4) is 0 Å². The van der Waals surface area contributed by atoms with Gasteiger partial charge in [-0.25, -0.2) is 4.39 Å². The summed E-state index contributed by atoms with van der Waals surface area (Å²) in [5, 5.41) is 0. The minimum absolute atomic E-state index is 0. The molecular weight excluding hydrogens is 252 g/mol. The fraction of sp³-hybridized carbons (Fsp3) is 1.00. The maximum atomic E-state index is 11.8. The molecule has 0 aromatic carbocycles. The smallest absolute Gasteiger partial charge is 0.230 e. The van der Waals surface area contributed by atoms with Crippen molar-refractivity contribution in [3.05, 3.63) is 0 Å². The van der Waals surface area contributed by atoms with Gasteiger partial charge in [0.2, 0.25) is 3.49 Å². The Bertz CT molecular complexity index is 45.4. The van der Waals surface area contributed by atoms with Crippen LogP contribution in [-0.4, -0.2) is 10.0 Å². The molecule has 0 bridgehead atoms. The highest BCUT2D eigenvalue weighted by molar-refractivity contribution is 9.25. The van der Waals surface area contributed by atoms with Gasteiger partial charge in [0, 0.05) is 6.54 Å². The highest BCUT2D eigenvalue weighted by Gasteiger charge is 2.16. The lowest BCUT2D eigenvalue weighted by Crippen LogP contribution is -2.17. The van der Waals surface area contributed by atoms with Crippen LogP contribution >= 0.6 is 44.3 Å². The fourth-order valence-corrected chi connectivity index (χ4v) is 0. The Kier molecular flexibility index (Phi) is 6.39. The van der Waals surface area contributed by atoms with Gasteiger partial charge in [0.25, 0.3) is 0 Å². The first-order valence-corrected chi connectivity index (χ1v) is 2.91. The highest BCUT2D eigenvalue weighted by Crippen LogP contribution is 2.24. The largest absolute Gasteiger partial charge is 0.326 e. The molecule has 2 N–H and O–H groups in total. The normalized spacial score (nSPS) is 10.3. The monoisotopic (exact) mass is 255 g/mol. The van der Waals surface area contributed by atoms with Crippen molar-refractivity contribution in [2.24, 2.45) is 5.73 Å². The molecule has 0 saturated carbocycles. The summed E-state index contributed by atoms with van der Waals surface area (Å²) in [5.41, 5.74) is 4.84. The van der Waals surface area contributed by atoms with Gasteiger partial charge in [-0.15, -0.1) is 12.4 Å². The summed E-state index contributed by atoms with van der Waals surface area (Å²) in [5.74, 6) is 0. The maximum absolute atomic E-state index is 11.8. The molecule has 0 fully saturated rings. The van der Waals surface area contributed by atoms with E-state index in [1.807, 2.05) is 0 Å². The minimum Gasteiger partial charge on any atom is -0.326 e. The second kappa shape index (κ2) is 4.06. The number of alkyl halides is 3. The summed E-state index contributed by atoms with van der Waals surface area (Å²) in [7, 11) is 0. The predicted molar refractivity (Wildman–Crippen MR) is 38.0 cm³/mol. The molecule has 0 radical (unpaired) electrons. The van der Waals surface area contributed by atoms with Gasteiger partial charge in [0.15, 0.2) is 0 Å². The van der Waals surface area contributed by atoms with E-state index in [1.54, 1.807) is 0 Å². The highest BCUT2D eigenvalue weighted by atomic mass is 79.9. The van der Waals surface area contributed by atoms with Crippen LogP contribution in [0.5, 0.6) is 0 Å². The van der Waals surface area contributed by atoms with Crippen LogP contribution in [0.15, 0.2) is 0 Å². The van der Waals surface area contributed by atoms with Crippen LogP contribution < -0.4 is 5.73 Å². The second-order valence-electron chi connectivity index (χ2n) is 0.819. The Morgan fingerprint density at radius 2 is 1.71 bits per heavy atom. The molecule has 0 saturated heterocycles. The standard InChI is InChI=1S/C2H4Br2FN.ClH/c3-2(4,5)1-6;/h1,6H2;1H. The van der Waals surface area contributed by atoms with E-state index in [2.05, 4.69) is 31.9 Å². The average molecular weight is 257 g/mol. The molecule has 46 valence electrons. The van der Waals surface area contributed by atoms with Crippen molar-refractivity contribution >= 4 is 44.3 Å². The van der Waals surface area contributed by atoms with Crippen LogP contribution in [0, 0.1) is 0 Å². The summed E-state index contributed by atoms with van der Waals surface area (Å²) < 4.78 is 10.3. The molecule has 1 nitrogen and oxygen atoms in total. The molecule has 0 unspecified atom stereocenters. The minimum atomic E-state index is -1.56. The summed E-state index contributed by atoms with van der Waals surface area (Å²) in [6, 6.07) is 0. The molecule has 0 heterocycles. The van der Waals surface area contributed by atoms with E-state index in [4.69, 9.17) is 5.73 Å².